The average Bonchev–Trinajstić information content (AvgIpc) is 3.11. The van der Waals surface area contributed by atoms with Crippen LogP contribution in [0.1, 0.15) is 26.5 Å². The van der Waals surface area contributed by atoms with Gasteiger partial charge >= 0.3 is 5.97 Å². The van der Waals surface area contributed by atoms with Crippen LogP contribution < -0.4 is 5.43 Å². The van der Waals surface area contributed by atoms with E-state index in [4.69, 9.17) is 9.52 Å². The number of carboxylic acid groups (broad SMARTS) is 1. The van der Waals surface area contributed by atoms with Gasteiger partial charge in [0.15, 0.2) is 0 Å². The van der Waals surface area contributed by atoms with Gasteiger partial charge < -0.3 is 9.52 Å². The lowest BCUT2D eigenvalue weighted by Crippen LogP contribution is -2.17. The summed E-state index contributed by atoms with van der Waals surface area (Å²) in [7, 11) is 0. The Labute approximate surface area is 157 Å². The second-order valence-electron chi connectivity index (χ2n) is 5.29. The van der Waals surface area contributed by atoms with E-state index in [0.717, 1.165) is 10.0 Å². The van der Waals surface area contributed by atoms with Crippen molar-refractivity contribution < 1.29 is 19.1 Å². The number of carbonyl (C=O) groups excluding carboxylic acids is 1. The number of hydrogen-bond donors (Lipinski definition) is 2. The molecule has 1 heterocycles. The van der Waals surface area contributed by atoms with E-state index >= 15 is 0 Å². The zero-order valence-corrected chi connectivity index (χ0v) is 14.9. The monoisotopic (exact) mass is 412 g/mol. The Kier molecular flexibility index (Phi) is 5.28. The lowest BCUT2D eigenvalue weighted by Gasteiger charge is -1.99. The van der Waals surface area contributed by atoms with Crippen molar-refractivity contribution in [2.45, 2.75) is 0 Å². The molecule has 2 aromatic carbocycles. The van der Waals surface area contributed by atoms with Crippen LogP contribution >= 0.6 is 15.9 Å². The molecule has 0 bridgehead atoms. The molecule has 0 unspecified atom stereocenters. The smallest absolute Gasteiger partial charge is 0.335 e. The van der Waals surface area contributed by atoms with E-state index in [-0.39, 0.29) is 11.5 Å². The summed E-state index contributed by atoms with van der Waals surface area (Å²) in [4.78, 5) is 22.8. The highest BCUT2D eigenvalue weighted by Gasteiger charge is 2.07. The normalized spacial score (nSPS) is 10.8. The number of nitrogens with zero attached hydrogens (tertiary/aromatic N) is 1. The van der Waals surface area contributed by atoms with E-state index in [1.807, 2.05) is 0 Å². The number of carbonyl (C=O) groups is 2. The predicted molar refractivity (Wildman–Crippen MR) is 100 cm³/mol. The van der Waals surface area contributed by atoms with Crippen LogP contribution in [0.2, 0.25) is 0 Å². The molecule has 0 fully saturated rings. The third-order valence-corrected chi connectivity index (χ3v) is 4.04. The summed E-state index contributed by atoms with van der Waals surface area (Å²) in [6.45, 7) is 0. The number of amides is 1. The maximum absolute atomic E-state index is 11.9. The summed E-state index contributed by atoms with van der Waals surface area (Å²) in [6, 6.07) is 16.7. The van der Waals surface area contributed by atoms with Crippen molar-refractivity contribution in [3.8, 4) is 11.3 Å². The molecular weight excluding hydrogens is 400 g/mol. The minimum Gasteiger partial charge on any atom is -0.478 e. The van der Waals surface area contributed by atoms with Crippen LogP contribution in [-0.2, 0) is 0 Å². The topological polar surface area (TPSA) is 91.9 Å². The molecule has 1 aromatic heterocycles. The number of halogens is 1. The lowest BCUT2D eigenvalue weighted by atomic mass is 10.1. The highest BCUT2D eigenvalue weighted by Crippen LogP contribution is 2.22. The van der Waals surface area contributed by atoms with Gasteiger partial charge in [0.25, 0.3) is 5.91 Å². The van der Waals surface area contributed by atoms with Crippen molar-refractivity contribution in [1.29, 1.82) is 0 Å². The van der Waals surface area contributed by atoms with Gasteiger partial charge in [-0.3, -0.25) is 4.79 Å². The number of benzene rings is 2. The van der Waals surface area contributed by atoms with Crippen LogP contribution in [0.5, 0.6) is 0 Å². The van der Waals surface area contributed by atoms with Crippen LogP contribution in [0.3, 0.4) is 0 Å². The molecule has 26 heavy (non-hydrogen) atoms. The number of furan rings is 1. The molecule has 0 atom stereocenters. The van der Waals surface area contributed by atoms with Gasteiger partial charge in [-0.25, -0.2) is 10.2 Å². The fourth-order valence-corrected chi connectivity index (χ4v) is 2.44. The molecule has 3 aromatic rings. The summed E-state index contributed by atoms with van der Waals surface area (Å²) < 4.78 is 6.51. The van der Waals surface area contributed by atoms with Gasteiger partial charge in [-0.1, -0.05) is 28.1 Å². The molecule has 2 N–H and O–H groups in total. The molecule has 0 saturated heterocycles. The summed E-state index contributed by atoms with van der Waals surface area (Å²) in [5.41, 5.74) is 3.87. The molecule has 0 saturated carbocycles. The highest BCUT2D eigenvalue weighted by atomic mass is 79.9. The molecule has 0 aliphatic rings. The number of carboxylic acids is 1. The van der Waals surface area contributed by atoms with Crippen molar-refractivity contribution in [1.82, 2.24) is 5.43 Å². The molecule has 130 valence electrons. The van der Waals surface area contributed by atoms with Gasteiger partial charge in [-0.05, 0) is 48.5 Å². The Morgan fingerprint density at radius 3 is 2.27 bits per heavy atom. The van der Waals surface area contributed by atoms with E-state index in [1.54, 1.807) is 48.5 Å². The fourth-order valence-electron chi connectivity index (χ4n) is 2.17. The van der Waals surface area contributed by atoms with Crippen LogP contribution in [0.15, 0.2) is 74.7 Å². The minimum atomic E-state index is -0.981. The van der Waals surface area contributed by atoms with Crippen LogP contribution in [-0.4, -0.2) is 23.2 Å². The number of nitrogens with one attached hydrogen (secondary N) is 1. The molecule has 0 radical (unpaired) electrons. The van der Waals surface area contributed by atoms with E-state index in [2.05, 4.69) is 26.5 Å². The SMILES string of the molecule is O=C(O)c1ccc(-c2ccc(C=NNC(=O)c3ccc(Br)cc3)o2)cc1. The Morgan fingerprint density at radius 2 is 1.62 bits per heavy atom. The molecule has 0 aliphatic carbocycles. The Morgan fingerprint density at radius 1 is 0.962 bits per heavy atom. The molecule has 3 rings (SSSR count). The highest BCUT2D eigenvalue weighted by molar-refractivity contribution is 9.10. The third-order valence-electron chi connectivity index (χ3n) is 3.51. The molecule has 6 nitrogen and oxygen atoms in total. The molecule has 7 heteroatoms. The zero-order chi connectivity index (χ0) is 18.5. The Balaban J connectivity index is 1.64. The van der Waals surface area contributed by atoms with E-state index in [0.29, 0.717) is 17.1 Å². The second kappa shape index (κ2) is 7.79. The third kappa shape index (κ3) is 4.25. The summed E-state index contributed by atoms with van der Waals surface area (Å²) >= 11 is 3.31. The lowest BCUT2D eigenvalue weighted by molar-refractivity contribution is 0.0696. The van der Waals surface area contributed by atoms with Gasteiger partial charge in [-0.2, -0.15) is 5.10 Å². The first-order valence-electron chi connectivity index (χ1n) is 7.55. The van der Waals surface area contributed by atoms with Gasteiger partial charge in [0, 0.05) is 15.6 Å². The molecule has 1 amide bonds. The largest absolute Gasteiger partial charge is 0.478 e. The van der Waals surface area contributed by atoms with Crippen LogP contribution in [0.4, 0.5) is 0 Å². The number of hydrogen-bond acceptors (Lipinski definition) is 4. The van der Waals surface area contributed by atoms with Gasteiger partial charge in [0.1, 0.15) is 11.5 Å². The van der Waals surface area contributed by atoms with Crippen molar-refractivity contribution in [2.75, 3.05) is 0 Å². The van der Waals surface area contributed by atoms with Crippen LogP contribution in [0.25, 0.3) is 11.3 Å². The quantitative estimate of drug-likeness (QED) is 0.485. The standard InChI is InChI=1S/C19H13BrN2O4/c20-15-7-5-13(6-8-15)18(23)22-21-11-16-9-10-17(26-16)12-1-3-14(4-2-12)19(24)25/h1-11H,(H,22,23)(H,24,25). The summed E-state index contributed by atoms with van der Waals surface area (Å²) in [5, 5.41) is 12.8. The van der Waals surface area contributed by atoms with Gasteiger partial charge in [0.2, 0.25) is 0 Å². The van der Waals surface area contributed by atoms with Gasteiger partial charge in [-0.15, -0.1) is 0 Å². The Bertz CT molecular complexity index is 960. The first-order chi connectivity index (χ1) is 12.5. The van der Waals surface area contributed by atoms with Crippen molar-refractivity contribution in [3.63, 3.8) is 0 Å². The summed E-state index contributed by atoms with van der Waals surface area (Å²) in [6.07, 6.45) is 1.39. The first-order valence-corrected chi connectivity index (χ1v) is 8.35. The minimum absolute atomic E-state index is 0.206. The number of hydrazone groups is 1. The molecular formula is C19H13BrN2O4. The molecule has 0 spiro atoms. The van der Waals surface area contributed by atoms with Gasteiger partial charge in [0.05, 0.1) is 11.8 Å². The van der Waals surface area contributed by atoms with E-state index in [1.165, 1.54) is 18.3 Å². The first kappa shape index (κ1) is 17.6. The van der Waals surface area contributed by atoms with Crippen molar-refractivity contribution in [3.05, 3.63) is 82.0 Å². The van der Waals surface area contributed by atoms with Crippen molar-refractivity contribution in [2.24, 2.45) is 5.10 Å². The zero-order valence-electron chi connectivity index (χ0n) is 13.3. The molecule has 0 aliphatic heterocycles. The second-order valence-corrected chi connectivity index (χ2v) is 6.21. The van der Waals surface area contributed by atoms with E-state index < -0.39 is 5.97 Å². The number of rotatable bonds is 5. The Hall–Kier alpha value is -3.19. The average molecular weight is 413 g/mol. The maximum Gasteiger partial charge on any atom is 0.335 e. The summed E-state index contributed by atoms with van der Waals surface area (Å²) in [5.74, 6) is -0.281. The number of aromatic carboxylic acids is 1. The maximum atomic E-state index is 11.9. The van der Waals surface area contributed by atoms with Crippen LogP contribution in [0, 0.1) is 0 Å². The van der Waals surface area contributed by atoms with Crippen molar-refractivity contribution >= 4 is 34.0 Å². The predicted octanol–water partition coefficient (Wildman–Crippen LogP) is 4.17. The van der Waals surface area contributed by atoms with E-state index in [9.17, 15) is 9.59 Å². The fraction of sp³-hybridized carbons (Fsp3) is 0.